The Bertz CT molecular complexity index is 394. The summed E-state index contributed by atoms with van der Waals surface area (Å²) in [5.74, 6) is 2.24. The van der Waals surface area contributed by atoms with Crippen molar-refractivity contribution in [3.05, 3.63) is 29.8 Å². The van der Waals surface area contributed by atoms with E-state index in [0.717, 1.165) is 18.6 Å². The summed E-state index contributed by atoms with van der Waals surface area (Å²) in [5.41, 5.74) is 1.22. The smallest absolute Gasteiger partial charge is 0.136 e. The fraction of sp³-hybridized carbons (Fsp3) is 0.562. The molecule has 2 atom stereocenters. The highest BCUT2D eigenvalue weighted by Gasteiger charge is 2.28. The monoisotopic (exact) mass is 246 g/mol. The SMILES string of the molecule is COc1ccc(CCC(=O)C2CCCC2C)cc1. The van der Waals surface area contributed by atoms with Crippen LogP contribution in [0, 0.1) is 11.8 Å². The number of hydrogen-bond donors (Lipinski definition) is 0. The number of carbonyl (C=O) groups excluding carboxylic acids is 1. The largest absolute Gasteiger partial charge is 0.497 e. The van der Waals surface area contributed by atoms with Crippen LogP contribution in [0.4, 0.5) is 0 Å². The van der Waals surface area contributed by atoms with Crippen molar-refractivity contribution in [3.8, 4) is 5.75 Å². The van der Waals surface area contributed by atoms with E-state index in [4.69, 9.17) is 4.74 Å². The van der Waals surface area contributed by atoms with Gasteiger partial charge in [0.15, 0.2) is 0 Å². The molecule has 0 aromatic heterocycles. The van der Waals surface area contributed by atoms with E-state index >= 15 is 0 Å². The lowest BCUT2D eigenvalue weighted by Gasteiger charge is -2.13. The molecule has 1 aromatic carbocycles. The van der Waals surface area contributed by atoms with Gasteiger partial charge in [0.25, 0.3) is 0 Å². The van der Waals surface area contributed by atoms with E-state index in [1.54, 1.807) is 7.11 Å². The molecule has 0 radical (unpaired) electrons. The number of ketones is 1. The molecule has 0 aliphatic heterocycles. The molecular weight excluding hydrogens is 224 g/mol. The van der Waals surface area contributed by atoms with Crippen molar-refractivity contribution in [3.63, 3.8) is 0 Å². The predicted molar refractivity (Wildman–Crippen MR) is 72.8 cm³/mol. The number of rotatable bonds is 5. The lowest BCUT2D eigenvalue weighted by Crippen LogP contribution is -2.17. The van der Waals surface area contributed by atoms with Gasteiger partial charge in [-0.1, -0.05) is 25.5 Å². The molecule has 1 fully saturated rings. The summed E-state index contributed by atoms with van der Waals surface area (Å²) in [6.07, 6.45) is 5.08. The standard InChI is InChI=1S/C16H22O2/c1-12-4-3-5-15(12)16(17)11-8-13-6-9-14(18-2)10-7-13/h6-7,9-10,12,15H,3-5,8,11H2,1-2H3. The fourth-order valence-electron chi connectivity index (χ4n) is 2.87. The maximum Gasteiger partial charge on any atom is 0.136 e. The molecule has 2 rings (SSSR count). The van der Waals surface area contributed by atoms with Crippen LogP contribution in [0.1, 0.15) is 38.2 Å². The third kappa shape index (κ3) is 3.12. The van der Waals surface area contributed by atoms with Crippen LogP contribution in [0.2, 0.25) is 0 Å². The highest BCUT2D eigenvalue weighted by atomic mass is 16.5. The summed E-state index contributed by atoms with van der Waals surface area (Å²) >= 11 is 0. The molecule has 1 aliphatic carbocycles. The quantitative estimate of drug-likeness (QED) is 0.793. The molecule has 1 aromatic rings. The molecule has 1 aliphatic rings. The van der Waals surface area contributed by atoms with Gasteiger partial charge < -0.3 is 4.74 Å². The molecule has 18 heavy (non-hydrogen) atoms. The Kier molecular flexibility index (Phi) is 4.40. The van der Waals surface area contributed by atoms with Crippen molar-refractivity contribution in [2.45, 2.75) is 39.0 Å². The van der Waals surface area contributed by atoms with E-state index in [1.165, 1.54) is 18.4 Å². The van der Waals surface area contributed by atoms with Crippen LogP contribution in [-0.2, 0) is 11.2 Å². The summed E-state index contributed by atoms with van der Waals surface area (Å²) in [4.78, 5) is 12.1. The number of ether oxygens (including phenoxy) is 1. The number of Topliss-reactive ketones (excluding diaryl/α,β-unsaturated/α-hetero) is 1. The van der Waals surface area contributed by atoms with Gasteiger partial charge in [-0.25, -0.2) is 0 Å². The third-order valence-electron chi connectivity index (χ3n) is 4.09. The van der Waals surface area contributed by atoms with Gasteiger partial charge in [-0.3, -0.25) is 4.79 Å². The minimum Gasteiger partial charge on any atom is -0.497 e. The maximum absolute atomic E-state index is 12.1. The molecule has 2 nitrogen and oxygen atoms in total. The van der Waals surface area contributed by atoms with Gasteiger partial charge in [-0.2, -0.15) is 0 Å². The van der Waals surface area contributed by atoms with Gasteiger partial charge in [-0.05, 0) is 42.9 Å². The van der Waals surface area contributed by atoms with Crippen LogP contribution in [-0.4, -0.2) is 12.9 Å². The van der Waals surface area contributed by atoms with Crippen LogP contribution in [0.15, 0.2) is 24.3 Å². The first-order valence-electron chi connectivity index (χ1n) is 6.86. The summed E-state index contributed by atoms with van der Waals surface area (Å²) in [6, 6.07) is 8.00. The zero-order chi connectivity index (χ0) is 13.0. The highest BCUT2D eigenvalue weighted by Crippen LogP contribution is 2.32. The lowest BCUT2D eigenvalue weighted by atomic mass is 9.90. The first-order valence-corrected chi connectivity index (χ1v) is 6.86. The number of carbonyl (C=O) groups is 1. The Hall–Kier alpha value is -1.31. The lowest BCUT2D eigenvalue weighted by molar-refractivity contribution is -0.123. The van der Waals surface area contributed by atoms with E-state index in [2.05, 4.69) is 6.92 Å². The Labute approximate surface area is 109 Å². The van der Waals surface area contributed by atoms with Gasteiger partial charge >= 0.3 is 0 Å². The third-order valence-corrected chi connectivity index (χ3v) is 4.09. The number of hydrogen-bond acceptors (Lipinski definition) is 2. The van der Waals surface area contributed by atoms with Crippen molar-refractivity contribution in [2.24, 2.45) is 11.8 Å². The van der Waals surface area contributed by atoms with Crippen molar-refractivity contribution in [2.75, 3.05) is 7.11 Å². The summed E-state index contributed by atoms with van der Waals surface area (Å²) in [7, 11) is 1.67. The second-order valence-corrected chi connectivity index (χ2v) is 5.33. The molecule has 0 heterocycles. The Balaban J connectivity index is 1.85. The molecule has 0 amide bonds. The molecular formula is C16H22O2. The Morgan fingerprint density at radius 3 is 2.56 bits per heavy atom. The minimum atomic E-state index is 0.322. The van der Waals surface area contributed by atoms with Gasteiger partial charge in [0.05, 0.1) is 7.11 Å². The van der Waals surface area contributed by atoms with Crippen molar-refractivity contribution in [1.82, 2.24) is 0 Å². The van der Waals surface area contributed by atoms with E-state index in [1.807, 2.05) is 24.3 Å². The first-order chi connectivity index (χ1) is 8.70. The van der Waals surface area contributed by atoms with Crippen LogP contribution in [0.3, 0.4) is 0 Å². The van der Waals surface area contributed by atoms with E-state index in [-0.39, 0.29) is 0 Å². The average Bonchev–Trinajstić information content (AvgIpc) is 2.83. The minimum absolute atomic E-state index is 0.322. The predicted octanol–water partition coefficient (Wildman–Crippen LogP) is 3.63. The average molecular weight is 246 g/mol. The normalized spacial score (nSPS) is 23.0. The fourth-order valence-corrected chi connectivity index (χ4v) is 2.87. The molecule has 0 spiro atoms. The molecule has 0 N–H and O–H groups in total. The summed E-state index contributed by atoms with van der Waals surface area (Å²) < 4.78 is 5.12. The van der Waals surface area contributed by atoms with Crippen molar-refractivity contribution in [1.29, 1.82) is 0 Å². The van der Waals surface area contributed by atoms with E-state index in [0.29, 0.717) is 24.0 Å². The first kappa shape index (κ1) is 13.1. The van der Waals surface area contributed by atoms with Crippen molar-refractivity contribution < 1.29 is 9.53 Å². The van der Waals surface area contributed by atoms with Crippen LogP contribution in [0.25, 0.3) is 0 Å². The zero-order valence-corrected chi connectivity index (χ0v) is 11.3. The molecule has 2 heteroatoms. The van der Waals surface area contributed by atoms with E-state index in [9.17, 15) is 4.79 Å². The zero-order valence-electron chi connectivity index (χ0n) is 11.3. The van der Waals surface area contributed by atoms with Gasteiger partial charge in [-0.15, -0.1) is 0 Å². The van der Waals surface area contributed by atoms with Gasteiger partial charge in [0, 0.05) is 12.3 Å². The topological polar surface area (TPSA) is 26.3 Å². The molecule has 0 bridgehead atoms. The summed E-state index contributed by atoms with van der Waals surface area (Å²) in [5, 5.41) is 0. The van der Waals surface area contributed by atoms with Gasteiger partial charge in [0.1, 0.15) is 11.5 Å². The molecule has 1 saturated carbocycles. The Morgan fingerprint density at radius 1 is 1.28 bits per heavy atom. The highest BCUT2D eigenvalue weighted by molar-refractivity contribution is 5.81. The maximum atomic E-state index is 12.1. The van der Waals surface area contributed by atoms with E-state index < -0.39 is 0 Å². The number of methoxy groups -OCH3 is 1. The molecule has 2 unspecified atom stereocenters. The van der Waals surface area contributed by atoms with Crippen LogP contribution < -0.4 is 4.74 Å². The second-order valence-electron chi connectivity index (χ2n) is 5.33. The summed E-state index contributed by atoms with van der Waals surface area (Å²) in [6.45, 7) is 2.21. The number of benzene rings is 1. The Morgan fingerprint density at radius 2 is 2.00 bits per heavy atom. The second kappa shape index (κ2) is 6.03. The van der Waals surface area contributed by atoms with Gasteiger partial charge in [0.2, 0.25) is 0 Å². The van der Waals surface area contributed by atoms with Crippen LogP contribution in [0.5, 0.6) is 5.75 Å². The van der Waals surface area contributed by atoms with Crippen LogP contribution >= 0.6 is 0 Å². The molecule has 0 saturated heterocycles. The van der Waals surface area contributed by atoms with Crippen molar-refractivity contribution >= 4 is 5.78 Å². The number of aryl methyl sites for hydroxylation is 1. The molecule has 98 valence electrons.